The summed E-state index contributed by atoms with van der Waals surface area (Å²) in [6, 6.07) is 9.97. The minimum Gasteiger partial charge on any atom is -0.372 e. The number of alkyl halides is 3. The molecule has 102 valence electrons. The van der Waals surface area contributed by atoms with Crippen molar-refractivity contribution in [1.29, 1.82) is 0 Å². The third kappa shape index (κ3) is 6.02. The van der Waals surface area contributed by atoms with Crippen molar-refractivity contribution in [2.24, 2.45) is 0 Å². The van der Waals surface area contributed by atoms with E-state index in [0.717, 1.165) is 12.0 Å². The van der Waals surface area contributed by atoms with E-state index in [0.29, 0.717) is 6.42 Å². The van der Waals surface area contributed by atoms with Crippen molar-refractivity contribution in [2.75, 3.05) is 20.3 Å². The van der Waals surface area contributed by atoms with Crippen LogP contribution in [0.2, 0.25) is 0 Å². The molecule has 1 unspecified atom stereocenters. The van der Waals surface area contributed by atoms with Gasteiger partial charge in [0.2, 0.25) is 0 Å². The normalized spacial score (nSPS) is 13.6. The number of nitrogens with one attached hydrogen (secondary N) is 1. The molecular weight excluding hydrogens is 243 g/mol. The van der Waals surface area contributed by atoms with Crippen LogP contribution in [0.25, 0.3) is 0 Å². The van der Waals surface area contributed by atoms with Gasteiger partial charge in [-0.25, -0.2) is 0 Å². The first kappa shape index (κ1) is 15.0. The largest absolute Gasteiger partial charge is 0.411 e. The number of hydrogen-bond acceptors (Lipinski definition) is 2. The molecule has 1 atom stereocenters. The summed E-state index contributed by atoms with van der Waals surface area (Å²) in [5, 5.41) is 3.15. The zero-order valence-electron chi connectivity index (χ0n) is 10.3. The third-order valence-corrected chi connectivity index (χ3v) is 2.60. The molecule has 0 bridgehead atoms. The van der Waals surface area contributed by atoms with Crippen LogP contribution in [0.1, 0.15) is 24.4 Å². The lowest BCUT2D eigenvalue weighted by Gasteiger charge is -2.16. The summed E-state index contributed by atoms with van der Waals surface area (Å²) < 4.78 is 40.1. The quantitative estimate of drug-likeness (QED) is 0.760. The van der Waals surface area contributed by atoms with Crippen molar-refractivity contribution in [2.45, 2.75) is 25.1 Å². The summed E-state index contributed by atoms with van der Waals surface area (Å²) in [5.41, 5.74) is 1.14. The highest BCUT2D eigenvalue weighted by Gasteiger charge is 2.27. The lowest BCUT2D eigenvalue weighted by molar-refractivity contribution is -0.174. The Morgan fingerprint density at radius 3 is 2.44 bits per heavy atom. The SMILES string of the molecule is CNC(CCCOCC(F)(F)F)c1ccccc1. The molecule has 1 rings (SSSR count). The van der Waals surface area contributed by atoms with Gasteiger partial charge in [-0.2, -0.15) is 13.2 Å². The molecule has 0 aliphatic heterocycles. The van der Waals surface area contributed by atoms with Gasteiger partial charge in [-0.05, 0) is 25.5 Å². The Morgan fingerprint density at radius 2 is 1.89 bits per heavy atom. The summed E-state index contributed by atoms with van der Waals surface area (Å²) in [5.74, 6) is 0. The Labute approximate surface area is 105 Å². The van der Waals surface area contributed by atoms with Crippen LogP contribution in [0.3, 0.4) is 0 Å². The Balaban J connectivity index is 2.25. The number of halogens is 3. The summed E-state index contributed by atoms with van der Waals surface area (Å²) in [6.45, 7) is -1.03. The van der Waals surface area contributed by atoms with E-state index >= 15 is 0 Å². The maximum atomic E-state index is 11.8. The van der Waals surface area contributed by atoms with E-state index in [1.807, 2.05) is 37.4 Å². The van der Waals surface area contributed by atoms with Gasteiger partial charge in [0.05, 0.1) is 0 Å². The third-order valence-electron chi connectivity index (χ3n) is 2.60. The minimum atomic E-state index is -4.23. The van der Waals surface area contributed by atoms with Crippen LogP contribution in [-0.4, -0.2) is 26.4 Å². The van der Waals surface area contributed by atoms with Gasteiger partial charge in [0.25, 0.3) is 0 Å². The van der Waals surface area contributed by atoms with E-state index in [-0.39, 0.29) is 12.6 Å². The molecule has 5 heteroatoms. The fraction of sp³-hybridized carbons (Fsp3) is 0.538. The van der Waals surface area contributed by atoms with Crippen LogP contribution in [0.4, 0.5) is 13.2 Å². The highest BCUT2D eigenvalue weighted by atomic mass is 19.4. The topological polar surface area (TPSA) is 21.3 Å². The first-order valence-corrected chi connectivity index (χ1v) is 5.89. The predicted octanol–water partition coefficient (Wildman–Crippen LogP) is 3.31. The van der Waals surface area contributed by atoms with Crippen LogP contribution in [0.5, 0.6) is 0 Å². The lowest BCUT2D eigenvalue weighted by Crippen LogP contribution is -2.19. The Hall–Kier alpha value is -1.07. The summed E-state index contributed by atoms with van der Waals surface area (Å²) in [6.07, 6.45) is -2.89. The molecule has 0 saturated carbocycles. The smallest absolute Gasteiger partial charge is 0.372 e. The molecule has 0 aliphatic rings. The Kier molecular flexibility index (Phi) is 6.15. The van der Waals surface area contributed by atoms with Gasteiger partial charge in [-0.1, -0.05) is 30.3 Å². The minimum absolute atomic E-state index is 0.129. The second-order valence-corrected chi connectivity index (χ2v) is 4.06. The molecule has 0 saturated heterocycles. The van der Waals surface area contributed by atoms with E-state index in [2.05, 4.69) is 10.1 Å². The van der Waals surface area contributed by atoms with Crippen LogP contribution in [0.15, 0.2) is 30.3 Å². The molecule has 0 radical (unpaired) electrons. The van der Waals surface area contributed by atoms with Crippen LogP contribution >= 0.6 is 0 Å². The fourth-order valence-corrected chi connectivity index (χ4v) is 1.74. The van der Waals surface area contributed by atoms with Crippen LogP contribution in [0, 0.1) is 0 Å². The van der Waals surface area contributed by atoms with Crippen molar-refractivity contribution < 1.29 is 17.9 Å². The molecule has 0 aromatic heterocycles. The molecule has 0 aliphatic carbocycles. The second-order valence-electron chi connectivity index (χ2n) is 4.06. The van der Waals surface area contributed by atoms with Crippen molar-refractivity contribution in [3.63, 3.8) is 0 Å². The van der Waals surface area contributed by atoms with Gasteiger partial charge in [-0.15, -0.1) is 0 Å². The van der Waals surface area contributed by atoms with E-state index in [1.165, 1.54) is 0 Å². The summed E-state index contributed by atoms with van der Waals surface area (Å²) >= 11 is 0. The van der Waals surface area contributed by atoms with Crippen molar-refractivity contribution in [3.05, 3.63) is 35.9 Å². The maximum Gasteiger partial charge on any atom is 0.411 e. The average molecular weight is 261 g/mol. The zero-order valence-corrected chi connectivity index (χ0v) is 10.3. The van der Waals surface area contributed by atoms with Crippen molar-refractivity contribution in [3.8, 4) is 0 Å². The van der Waals surface area contributed by atoms with E-state index in [9.17, 15) is 13.2 Å². The van der Waals surface area contributed by atoms with Crippen molar-refractivity contribution in [1.82, 2.24) is 5.32 Å². The molecule has 0 fully saturated rings. The predicted molar refractivity (Wildman–Crippen MR) is 64.4 cm³/mol. The van der Waals surface area contributed by atoms with Gasteiger partial charge in [0.15, 0.2) is 0 Å². The standard InChI is InChI=1S/C13H18F3NO/c1-17-12(11-6-3-2-4-7-11)8-5-9-18-10-13(14,15)16/h2-4,6-7,12,17H,5,8-10H2,1H3. The molecule has 2 nitrogen and oxygen atoms in total. The summed E-state index contributed by atoms with van der Waals surface area (Å²) in [4.78, 5) is 0. The van der Waals surface area contributed by atoms with Gasteiger partial charge in [0, 0.05) is 12.6 Å². The summed E-state index contributed by atoms with van der Waals surface area (Å²) in [7, 11) is 1.84. The number of ether oxygens (including phenoxy) is 1. The number of benzene rings is 1. The molecule has 18 heavy (non-hydrogen) atoms. The van der Waals surface area contributed by atoms with Crippen LogP contribution in [-0.2, 0) is 4.74 Å². The first-order chi connectivity index (χ1) is 8.53. The number of hydrogen-bond donors (Lipinski definition) is 1. The van der Waals surface area contributed by atoms with Gasteiger partial charge in [-0.3, -0.25) is 0 Å². The molecule has 0 spiro atoms. The second kappa shape index (κ2) is 7.38. The lowest BCUT2D eigenvalue weighted by atomic mass is 10.0. The van der Waals surface area contributed by atoms with E-state index in [1.54, 1.807) is 0 Å². The molecule has 0 amide bonds. The van der Waals surface area contributed by atoms with E-state index < -0.39 is 12.8 Å². The molecule has 1 N–H and O–H groups in total. The Morgan fingerprint density at radius 1 is 1.22 bits per heavy atom. The highest BCUT2D eigenvalue weighted by molar-refractivity contribution is 5.18. The zero-order chi connectivity index (χ0) is 13.4. The molecule has 1 aromatic carbocycles. The van der Waals surface area contributed by atoms with Crippen molar-refractivity contribution >= 4 is 0 Å². The molecular formula is C13H18F3NO. The maximum absolute atomic E-state index is 11.8. The Bertz CT molecular complexity index is 327. The van der Waals surface area contributed by atoms with Gasteiger partial charge < -0.3 is 10.1 Å². The van der Waals surface area contributed by atoms with E-state index in [4.69, 9.17) is 0 Å². The number of rotatable bonds is 7. The highest BCUT2D eigenvalue weighted by Crippen LogP contribution is 2.18. The fourth-order valence-electron chi connectivity index (χ4n) is 1.74. The van der Waals surface area contributed by atoms with Gasteiger partial charge in [0.1, 0.15) is 6.61 Å². The molecule has 1 aromatic rings. The van der Waals surface area contributed by atoms with Gasteiger partial charge >= 0.3 is 6.18 Å². The monoisotopic (exact) mass is 261 g/mol. The average Bonchev–Trinajstić information content (AvgIpc) is 2.33. The van der Waals surface area contributed by atoms with Crippen LogP contribution < -0.4 is 5.32 Å². The first-order valence-electron chi connectivity index (χ1n) is 5.89. The molecule has 0 heterocycles.